The van der Waals surface area contributed by atoms with Crippen LogP contribution in [0, 0.1) is 0 Å². The number of ether oxygens (including phenoxy) is 2. The normalized spacial score (nSPS) is 28.9. The van der Waals surface area contributed by atoms with Gasteiger partial charge in [-0.25, -0.2) is 23.5 Å². The number of fused-ring (bicyclic) bond motifs is 4. The Morgan fingerprint density at radius 3 is 2.27 bits per heavy atom. The van der Waals surface area contributed by atoms with Crippen molar-refractivity contribution in [1.29, 1.82) is 0 Å². The highest BCUT2D eigenvalue weighted by atomic mass is 35.5. The van der Waals surface area contributed by atoms with Gasteiger partial charge >= 0.3 is 11.4 Å². The minimum absolute atomic E-state index is 0.0164. The summed E-state index contributed by atoms with van der Waals surface area (Å²) in [7, 11) is 4.04. The molecule has 1 N–H and O–H groups in total. The molecule has 0 radical (unpaired) electrons. The number of allylic oxidation sites excluding steroid dienone is 4. The maximum Gasteiger partial charge on any atom is 0.347 e. The third-order valence-electron chi connectivity index (χ3n) is 7.33. The summed E-state index contributed by atoms with van der Waals surface area (Å²) in [5, 5.41) is 9.96. The monoisotopic (exact) mass is 589 g/mol. The quantitative estimate of drug-likeness (QED) is 0.430. The number of phenols is 1. The number of alkyl halides is 2. The number of carbonyl (C=O) groups is 2. The molecule has 1 saturated carbocycles. The lowest BCUT2D eigenvalue weighted by molar-refractivity contribution is -0.128. The Morgan fingerprint density at radius 1 is 1.00 bits per heavy atom. The van der Waals surface area contributed by atoms with Gasteiger partial charge in [0.05, 0.1) is 26.8 Å². The minimum Gasteiger partial charge on any atom is -0.507 e. The van der Waals surface area contributed by atoms with E-state index in [4.69, 9.17) is 55.9 Å². The average molecular weight is 591 g/mol. The number of hydrogen-bond donors (Lipinski definition) is 1. The largest absolute Gasteiger partial charge is 0.507 e. The van der Waals surface area contributed by atoms with Crippen molar-refractivity contribution < 1.29 is 24.2 Å². The summed E-state index contributed by atoms with van der Waals surface area (Å²) in [6.07, 6.45) is 1.25. The molecule has 0 saturated heterocycles. The lowest BCUT2D eigenvalue weighted by Gasteiger charge is -2.54. The van der Waals surface area contributed by atoms with Crippen molar-refractivity contribution in [3.63, 3.8) is 0 Å². The second-order valence-corrected chi connectivity index (χ2v) is 11.0. The van der Waals surface area contributed by atoms with Crippen molar-refractivity contribution in [3.05, 3.63) is 60.4 Å². The topological polar surface area (TPSA) is 122 Å². The highest BCUT2D eigenvalue weighted by molar-refractivity contribution is 6.66. The van der Waals surface area contributed by atoms with Crippen LogP contribution in [0.5, 0.6) is 17.2 Å². The summed E-state index contributed by atoms with van der Waals surface area (Å²) in [5.74, 6) is -3.25. The molecule has 0 amide bonds. The van der Waals surface area contributed by atoms with E-state index in [9.17, 15) is 24.3 Å². The first-order valence-corrected chi connectivity index (χ1v) is 12.4. The number of aromatic hydroxyl groups is 1. The smallest absolute Gasteiger partial charge is 0.347 e. The van der Waals surface area contributed by atoms with Crippen molar-refractivity contribution in [2.45, 2.75) is 34.7 Å². The number of Topliss-reactive ketones (excluding diaryl/α,β-unsaturated/α-hetero) is 2. The highest BCUT2D eigenvalue weighted by Crippen LogP contribution is 2.65. The molecule has 14 heteroatoms. The Balaban J connectivity index is 1.90. The van der Waals surface area contributed by atoms with Crippen molar-refractivity contribution in [1.82, 2.24) is 13.9 Å². The van der Waals surface area contributed by atoms with Gasteiger partial charge in [0.15, 0.2) is 11.6 Å². The number of hydrogen-bond acceptors (Lipinski definition) is 7. The first kappa shape index (κ1) is 26.0. The van der Waals surface area contributed by atoms with Gasteiger partial charge in [-0.2, -0.15) is 0 Å². The summed E-state index contributed by atoms with van der Waals surface area (Å²) in [6.45, 7) is -0.0504. The Labute approximate surface area is 229 Å². The van der Waals surface area contributed by atoms with Crippen molar-refractivity contribution >= 4 is 58.0 Å². The van der Waals surface area contributed by atoms with Crippen LogP contribution >= 0.6 is 46.4 Å². The van der Waals surface area contributed by atoms with E-state index in [0.717, 1.165) is 4.57 Å². The van der Waals surface area contributed by atoms with Crippen molar-refractivity contribution in [2.75, 3.05) is 14.2 Å². The number of benzene rings is 1. The molecule has 3 aliphatic rings. The zero-order valence-corrected chi connectivity index (χ0v) is 22.6. The molecule has 1 fully saturated rings. The SMILES string of the molecule is COc1cc(O)c([C@H]2C3=CCn4c(=O)n(C)c(=O)n4[C@@H]3C[C@@]3(Cl)C(=O)C(Cl)=C(Cl)C(=O)[C@@]23Cl)c(OC)c1. The fourth-order valence-corrected chi connectivity index (χ4v) is 7.07. The Hall–Kier alpha value is -2.66. The van der Waals surface area contributed by atoms with E-state index in [-0.39, 0.29) is 35.8 Å². The molecule has 2 aliphatic carbocycles. The summed E-state index contributed by atoms with van der Waals surface area (Å²) >= 11 is 26.5. The predicted molar refractivity (Wildman–Crippen MR) is 136 cm³/mol. The van der Waals surface area contributed by atoms with E-state index in [1.807, 2.05) is 0 Å². The predicted octanol–water partition coefficient (Wildman–Crippen LogP) is 2.54. The maximum absolute atomic E-state index is 13.8. The summed E-state index contributed by atoms with van der Waals surface area (Å²) < 4.78 is 14.0. The van der Waals surface area contributed by atoms with Gasteiger partial charge in [-0.3, -0.25) is 9.59 Å². The molecule has 1 aliphatic heterocycles. The first-order chi connectivity index (χ1) is 17.3. The molecule has 1 aromatic carbocycles. The second-order valence-electron chi connectivity index (χ2n) is 8.97. The molecule has 5 rings (SSSR count). The van der Waals surface area contributed by atoms with E-state index < -0.39 is 54.7 Å². The standard InChI is InChI=1S/C23H19Cl4N3O7/c1-28-20(34)29-5-4-10-11(30(29)21(28)35)8-22(26)18(32)16(24)17(25)19(33)23(22,27)15(10)14-12(31)6-9(36-2)7-13(14)37-3/h4,6-7,11,15,31H,5,8H2,1-3H3/t11-,15-,22-,23+/m1/s1. The van der Waals surface area contributed by atoms with Crippen LogP contribution in [0.1, 0.15) is 23.9 Å². The van der Waals surface area contributed by atoms with Gasteiger partial charge in [-0.1, -0.05) is 29.3 Å². The van der Waals surface area contributed by atoms with Crippen LogP contribution in [0.25, 0.3) is 0 Å². The summed E-state index contributed by atoms with van der Waals surface area (Å²) in [6, 6.07) is 1.74. The second kappa shape index (κ2) is 8.42. The van der Waals surface area contributed by atoms with Crippen LogP contribution < -0.4 is 20.9 Å². The van der Waals surface area contributed by atoms with Gasteiger partial charge < -0.3 is 14.6 Å². The number of phenolic OH excluding ortho intramolecular Hbond substituents is 1. The molecular weight excluding hydrogens is 572 g/mol. The molecule has 37 heavy (non-hydrogen) atoms. The third-order valence-corrected chi connectivity index (χ3v) is 9.58. The average Bonchev–Trinajstić information content (AvgIpc) is 3.10. The van der Waals surface area contributed by atoms with E-state index >= 15 is 0 Å². The molecular formula is C23H19Cl4N3O7. The van der Waals surface area contributed by atoms with E-state index in [1.54, 1.807) is 6.08 Å². The Morgan fingerprint density at radius 2 is 1.65 bits per heavy atom. The van der Waals surface area contributed by atoms with Crippen LogP contribution in [0.4, 0.5) is 0 Å². The molecule has 0 spiro atoms. The van der Waals surface area contributed by atoms with Crippen molar-refractivity contribution in [2.24, 2.45) is 7.05 Å². The van der Waals surface area contributed by atoms with Crippen LogP contribution in [0.15, 0.2) is 43.4 Å². The fourth-order valence-electron chi connectivity index (χ4n) is 5.56. The molecule has 2 heterocycles. The van der Waals surface area contributed by atoms with Gasteiger partial charge in [0.25, 0.3) is 0 Å². The van der Waals surface area contributed by atoms with E-state index in [2.05, 4.69) is 0 Å². The van der Waals surface area contributed by atoms with Gasteiger partial charge in [0.1, 0.15) is 37.1 Å². The molecule has 4 atom stereocenters. The summed E-state index contributed by atoms with van der Waals surface area (Å²) in [5.41, 5.74) is -0.869. The highest BCUT2D eigenvalue weighted by Gasteiger charge is 2.72. The zero-order valence-electron chi connectivity index (χ0n) is 19.6. The number of nitrogens with zero attached hydrogens (tertiary/aromatic N) is 3. The van der Waals surface area contributed by atoms with Crippen LogP contribution in [-0.4, -0.2) is 54.6 Å². The molecule has 1 aromatic heterocycles. The van der Waals surface area contributed by atoms with E-state index in [1.165, 1.54) is 42.8 Å². The van der Waals surface area contributed by atoms with E-state index in [0.29, 0.717) is 5.57 Å². The van der Waals surface area contributed by atoms with Crippen LogP contribution in [0.3, 0.4) is 0 Å². The lowest BCUT2D eigenvalue weighted by atomic mass is 9.59. The number of halogens is 4. The number of aromatic nitrogens is 3. The molecule has 2 aromatic rings. The van der Waals surface area contributed by atoms with Crippen LogP contribution in [-0.2, 0) is 23.2 Å². The van der Waals surface area contributed by atoms with Gasteiger partial charge in [-0.15, -0.1) is 23.2 Å². The van der Waals surface area contributed by atoms with Gasteiger partial charge in [0, 0.05) is 37.1 Å². The molecule has 0 unspecified atom stereocenters. The van der Waals surface area contributed by atoms with Crippen molar-refractivity contribution in [3.8, 4) is 17.2 Å². The summed E-state index contributed by atoms with van der Waals surface area (Å²) in [4.78, 5) is 48.6. The Bertz CT molecular complexity index is 1590. The lowest BCUT2D eigenvalue weighted by Crippen LogP contribution is -2.67. The fraction of sp³-hybridized carbons (Fsp3) is 0.391. The van der Waals surface area contributed by atoms with Gasteiger partial charge in [0.2, 0.25) is 0 Å². The maximum atomic E-state index is 13.8. The molecule has 10 nitrogen and oxygen atoms in total. The number of rotatable bonds is 3. The molecule has 196 valence electrons. The first-order valence-electron chi connectivity index (χ1n) is 10.9. The number of methoxy groups -OCH3 is 2. The van der Waals surface area contributed by atoms with Crippen LogP contribution in [0.2, 0.25) is 0 Å². The van der Waals surface area contributed by atoms with Gasteiger partial charge in [-0.05, 0) is 5.57 Å². The third kappa shape index (κ3) is 3.13. The Kier molecular flexibility index (Phi) is 5.91. The minimum atomic E-state index is -2.29. The number of ketones is 2. The number of carbonyl (C=O) groups excluding carboxylic acids is 2. The zero-order chi connectivity index (χ0) is 27.2. The molecule has 0 bridgehead atoms.